The Morgan fingerprint density at radius 3 is 2.31 bits per heavy atom. The first kappa shape index (κ1) is 28.6. The quantitative estimate of drug-likeness (QED) is 0.277. The zero-order valence-electron chi connectivity index (χ0n) is 23.1. The van der Waals surface area contributed by atoms with Crippen molar-refractivity contribution in [1.29, 1.82) is 0 Å². The molecule has 0 bridgehead atoms. The molecule has 35 heavy (non-hydrogen) atoms. The third-order valence-electron chi connectivity index (χ3n) is 8.80. The molecule has 0 spiro atoms. The maximum atomic E-state index is 2.65. The van der Waals surface area contributed by atoms with Gasteiger partial charge in [-0.2, -0.15) is 17.7 Å². The number of aryl methyl sites for hydroxylation is 2. The number of hydrogen-bond donors (Lipinski definition) is 0. The van der Waals surface area contributed by atoms with Crippen molar-refractivity contribution >= 4 is 36.3 Å². The molecule has 1 aliphatic carbocycles. The van der Waals surface area contributed by atoms with E-state index in [1.54, 1.807) is 32.5 Å². The Morgan fingerprint density at radius 2 is 1.60 bits per heavy atom. The summed E-state index contributed by atoms with van der Waals surface area (Å²) < 4.78 is 0. The van der Waals surface area contributed by atoms with Crippen molar-refractivity contribution in [3.05, 3.63) is 83.4 Å². The van der Waals surface area contributed by atoms with Crippen LogP contribution < -0.4 is 48.1 Å². The molecule has 5 rings (SSSR count). The van der Waals surface area contributed by atoms with Gasteiger partial charge in [-0.25, -0.2) is 11.3 Å². The molecule has 0 amide bonds. The molecule has 0 heterocycles. The second-order valence-electron chi connectivity index (χ2n) is 11.2. The minimum Gasteiger partial charge on any atom is -0.212 e. The van der Waals surface area contributed by atoms with E-state index in [2.05, 4.69) is 99.8 Å². The van der Waals surface area contributed by atoms with Crippen LogP contribution in [0.15, 0.2) is 66.7 Å². The van der Waals surface area contributed by atoms with Gasteiger partial charge in [-0.15, -0.1) is 28.8 Å². The van der Waals surface area contributed by atoms with Crippen LogP contribution in [0.3, 0.4) is 0 Å². The zero-order chi connectivity index (χ0) is 23.2. The normalized spacial score (nSPS) is 13.4. The zero-order valence-corrected chi connectivity index (χ0v) is 25.1. The summed E-state index contributed by atoms with van der Waals surface area (Å²) in [5, 5.41) is 6.42. The third kappa shape index (κ3) is 4.97. The van der Waals surface area contributed by atoms with Crippen LogP contribution in [0.4, 0.5) is 0 Å². The van der Waals surface area contributed by atoms with Gasteiger partial charge in [0, 0.05) is 7.59 Å². The molecule has 0 fully saturated rings. The Bertz CT molecular complexity index is 1280. The van der Waals surface area contributed by atoms with Gasteiger partial charge < -0.3 is 0 Å². The summed E-state index contributed by atoms with van der Waals surface area (Å²) in [6, 6.07) is 26.2. The Labute approximate surface area is 238 Å². The second-order valence-corrected chi connectivity index (χ2v) is 26.3. The molecule has 4 aromatic rings. The Hall–Kier alpha value is -0.971. The van der Waals surface area contributed by atoms with Crippen LogP contribution in [0.25, 0.3) is 21.9 Å². The number of unbranched alkanes of at least 4 members (excludes halogenated alkanes) is 1. The van der Waals surface area contributed by atoms with Gasteiger partial charge >= 0.3 is 37.7 Å². The topological polar surface area (TPSA) is 0 Å². The maximum absolute atomic E-state index is 2.65. The molecule has 0 aliphatic heterocycles. The molecule has 0 nitrogen and oxygen atoms in total. The van der Waals surface area contributed by atoms with E-state index in [-0.39, 0.29) is 37.7 Å². The second kappa shape index (κ2) is 11.2. The summed E-state index contributed by atoms with van der Waals surface area (Å²) in [7, 11) is -3.33. The average Bonchev–Trinajstić information content (AvgIpc) is 3.55. The van der Waals surface area contributed by atoms with Crippen LogP contribution >= 0.6 is 0 Å². The molecule has 4 heteroatoms. The van der Waals surface area contributed by atoms with Crippen molar-refractivity contribution in [2.45, 2.75) is 71.6 Å². The van der Waals surface area contributed by atoms with Gasteiger partial charge in [-0.05, 0) is 14.0 Å². The molecule has 0 N–H and O–H groups in total. The summed E-state index contributed by atoms with van der Waals surface area (Å²) in [6.07, 6.45) is 7.57. The van der Waals surface area contributed by atoms with Crippen molar-refractivity contribution in [2.75, 3.05) is 0 Å². The van der Waals surface area contributed by atoms with E-state index in [1.807, 2.05) is 0 Å². The molecule has 0 unspecified atom stereocenters. The van der Waals surface area contributed by atoms with Gasteiger partial charge in [0.2, 0.25) is 0 Å². The van der Waals surface area contributed by atoms with Crippen molar-refractivity contribution in [3.63, 3.8) is 0 Å². The minimum atomic E-state index is -1.70. The SMILES string of the molecule is CCCC[c-]1ccc([Si](C)(C)[Si](C)(C)c2cc[c-]3c(-c4ccccc4)c4c(cc23)CCC4)c1.[Li+].[Li+]. The first-order valence-corrected chi connectivity index (χ1v) is 19.9. The molecular weight excluding hydrogens is 442 g/mol. The number of fused-ring (bicyclic) bond motifs is 2. The summed E-state index contributed by atoms with van der Waals surface area (Å²) in [5.41, 5.74) is 7.68. The van der Waals surface area contributed by atoms with E-state index < -0.39 is 15.2 Å². The summed E-state index contributed by atoms with van der Waals surface area (Å²) >= 11 is 0. The largest absolute Gasteiger partial charge is 1.00 e. The van der Waals surface area contributed by atoms with Crippen LogP contribution in [0.2, 0.25) is 26.2 Å². The van der Waals surface area contributed by atoms with Crippen LogP contribution in [-0.2, 0) is 19.3 Å². The number of rotatable bonds is 7. The van der Waals surface area contributed by atoms with E-state index in [4.69, 9.17) is 0 Å². The molecule has 0 radical (unpaired) electrons. The van der Waals surface area contributed by atoms with Crippen LogP contribution in [0, 0.1) is 0 Å². The summed E-state index contributed by atoms with van der Waals surface area (Å²) in [6.45, 7) is 12.9. The van der Waals surface area contributed by atoms with E-state index in [9.17, 15) is 0 Å². The molecule has 1 aliphatic rings. The molecule has 0 saturated heterocycles. The third-order valence-corrected chi connectivity index (χ3v) is 26.5. The average molecular weight is 481 g/mol. The maximum Gasteiger partial charge on any atom is 1.00 e. The van der Waals surface area contributed by atoms with Gasteiger partial charge in [-0.1, -0.05) is 123 Å². The molecule has 172 valence electrons. The Balaban J connectivity index is 0.00000171. The predicted octanol–water partition coefficient (Wildman–Crippen LogP) is 1.39. The smallest absolute Gasteiger partial charge is 0.212 e. The molecule has 4 aromatic carbocycles. The van der Waals surface area contributed by atoms with E-state index >= 15 is 0 Å². The van der Waals surface area contributed by atoms with Crippen LogP contribution in [0.1, 0.15) is 42.9 Å². The molecular formula is C31H38Li2Si2. The van der Waals surface area contributed by atoms with Gasteiger partial charge in [0.1, 0.15) is 0 Å². The van der Waals surface area contributed by atoms with Crippen molar-refractivity contribution in [1.82, 2.24) is 0 Å². The van der Waals surface area contributed by atoms with Gasteiger partial charge in [0.15, 0.2) is 0 Å². The Morgan fingerprint density at radius 1 is 0.857 bits per heavy atom. The number of hydrogen-bond acceptors (Lipinski definition) is 0. The van der Waals surface area contributed by atoms with Gasteiger partial charge in [0.05, 0.1) is 0 Å². The van der Waals surface area contributed by atoms with Crippen molar-refractivity contribution in [3.8, 4) is 11.1 Å². The summed E-state index contributed by atoms with van der Waals surface area (Å²) in [4.78, 5) is 0. The molecule has 0 aromatic heterocycles. The van der Waals surface area contributed by atoms with E-state index in [1.165, 1.54) is 55.0 Å². The fraction of sp³-hybridized carbons (Fsp3) is 0.355. The first-order valence-electron chi connectivity index (χ1n) is 12.9. The van der Waals surface area contributed by atoms with Crippen LogP contribution in [-0.4, -0.2) is 15.2 Å². The van der Waals surface area contributed by atoms with E-state index in [0.717, 1.165) is 0 Å². The van der Waals surface area contributed by atoms with Crippen molar-refractivity contribution < 1.29 is 37.7 Å². The standard InChI is InChI=1S/C31H38Si2.2Li/c1-6-7-12-23-17-18-26(21-23)32(2,3)33(4,5)30-20-19-28-29(30)22-25-15-11-16-27(25)31(28)24-13-9-8-10-14-24;;/h8-10,13-14,17-22H,6-7,11-12,15-16H2,1-5H3;;/q-2;2*+1. The number of benzene rings is 2. The Kier molecular flexibility index (Phi) is 9.14. The van der Waals surface area contributed by atoms with E-state index in [0.29, 0.717) is 0 Å². The van der Waals surface area contributed by atoms with Gasteiger partial charge in [0.25, 0.3) is 0 Å². The fourth-order valence-corrected chi connectivity index (χ4v) is 15.1. The molecule has 0 saturated carbocycles. The monoisotopic (exact) mass is 480 g/mol. The first-order chi connectivity index (χ1) is 15.8. The summed E-state index contributed by atoms with van der Waals surface area (Å²) in [5.74, 6) is 0. The van der Waals surface area contributed by atoms with Crippen molar-refractivity contribution in [2.24, 2.45) is 0 Å². The minimum absolute atomic E-state index is 0. The fourth-order valence-electron chi connectivity index (χ4n) is 6.01. The molecule has 0 atom stereocenters. The van der Waals surface area contributed by atoms with Crippen LogP contribution in [0.5, 0.6) is 0 Å². The predicted molar refractivity (Wildman–Crippen MR) is 152 cm³/mol. The van der Waals surface area contributed by atoms with Gasteiger partial charge in [-0.3, -0.25) is 0 Å².